The molecule has 2 heterocycles. The Morgan fingerprint density at radius 2 is 2.26 bits per heavy atom. The van der Waals surface area contributed by atoms with Crippen molar-refractivity contribution in [2.45, 2.75) is 25.3 Å². The van der Waals surface area contributed by atoms with Gasteiger partial charge in [-0.2, -0.15) is 0 Å². The third-order valence-corrected chi connectivity index (χ3v) is 4.37. The third kappa shape index (κ3) is 4.26. The zero-order valence-electron chi connectivity index (χ0n) is 12.4. The molecule has 8 heteroatoms. The molecule has 3 amide bonds. The summed E-state index contributed by atoms with van der Waals surface area (Å²) in [4.78, 5) is 31.5. The average Bonchev–Trinajstić information content (AvgIpc) is 3.27. The van der Waals surface area contributed by atoms with E-state index in [4.69, 9.17) is 5.73 Å². The molecular weight excluding hydrogens is 314 g/mol. The van der Waals surface area contributed by atoms with Crippen molar-refractivity contribution in [1.82, 2.24) is 15.3 Å². The van der Waals surface area contributed by atoms with Gasteiger partial charge >= 0.3 is 6.03 Å². The van der Waals surface area contributed by atoms with E-state index in [0.717, 1.165) is 24.1 Å². The number of primary amides is 1. The second kappa shape index (κ2) is 6.74. The molecule has 1 aliphatic carbocycles. The van der Waals surface area contributed by atoms with Gasteiger partial charge < -0.3 is 11.1 Å². The molecule has 1 aliphatic rings. The molecule has 23 heavy (non-hydrogen) atoms. The molecule has 1 saturated carbocycles. The minimum atomic E-state index is -0.407. The van der Waals surface area contributed by atoms with Crippen molar-refractivity contribution in [3.8, 4) is 11.3 Å². The number of thiazole rings is 1. The molecule has 7 nitrogen and oxygen atoms in total. The van der Waals surface area contributed by atoms with E-state index in [1.165, 1.54) is 11.3 Å². The second-order valence-corrected chi connectivity index (χ2v) is 6.35. The van der Waals surface area contributed by atoms with E-state index in [1.54, 1.807) is 12.4 Å². The fourth-order valence-corrected chi connectivity index (χ4v) is 3.05. The van der Waals surface area contributed by atoms with Crippen molar-refractivity contribution in [1.29, 1.82) is 0 Å². The molecule has 2 aromatic rings. The van der Waals surface area contributed by atoms with Gasteiger partial charge in [-0.05, 0) is 30.9 Å². The maximum Gasteiger partial charge on any atom is 0.321 e. The van der Waals surface area contributed by atoms with Gasteiger partial charge in [-0.1, -0.05) is 0 Å². The first-order valence-electron chi connectivity index (χ1n) is 7.33. The lowest BCUT2D eigenvalue weighted by atomic mass is 10.1. The van der Waals surface area contributed by atoms with Crippen LogP contribution in [-0.4, -0.2) is 27.9 Å². The van der Waals surface area contributed by atoms with Gasteiger partial charge in [-0.15, -0.1) is 11.3 Å². The maximum atomic E-state index is 12.1. The van der Waals surface area contributed by atoms with Crippen molar-refractivity contribution in [2.24, 2.45) is 11.7 Å². The molecule has 1 atom stereocenters. The number of pyridine rings is 1. The predicted octanol–water partition coefficient (Wildman–Crippen LogP) is 1.98. The average molecular weight is 331 g/mol. The fourth-order valence-electron chi connectivity index (χ4n) is 2.33. The summed E-state index contributed by atoms with van der Waals surface area (Å²) in [6.07, 6.45) is 5.60. The van der Waals surface area contributed by atoms with Gasteiger partial charge in [0.05, 0.1) is 5.69 Å². The van der Waals surface area contributed by atoms with Crippen LogP contribution >= 0.6 is 11.3 Å². The first kappa shape index (κ1) is 15.4. The van der Waals surface area contributed by atoms with Crippen LogP contribution in [0.25, 0.3) is 11.3 Å². The lowest BCUT2D eigenvalue weighted by molar-refractivity contribution is -0.118. The molecule has 0 unspecified atom stereocenters. The van der Waals surface area contributed by atoms with Crippen LogP contribution in [0.5, 0.6) is 0 Å². The van der Waals surface area contributed by atoms with E-state index < -0.39 is 5.91 Å². The highest BCUT2D eigenvalue weighted by molar-refractivity contribution is 7.14. The summed E-state index contributed by atoms with van der Waals surface area (Å²) in [7, 11) is 0. The number of carbonyl (C=O) groups excluding carboxylic acids is 2. The number of rotatable bonds is 6. The van der Waals surface area contributed by atoms with Gasteiger partial charge in [-0.25, -0.2) is 9.78 Å². The maximum absolute atomic E-state index is 12.1. The predicted molar refractivity (Wildman–Crippen MR) is 87.8 cm³/mol. The number of nitrogens with two attached hydrogens (primary N) is 1. The zero-order chi connectivity index (χ0) is 16.2. The van der Waals surface area contributed by atoms with Crippen molar-refractivity contribution >= 4 is 28.4 Å². The largest absolute Gasteiger partial charge is 0.370 e. The number of amides is 3. The zero-order valence-corrected chi connectivity index (χ0v) is 13.2. The second-order valence-electron chi connectivity index (χ2n) is 5.49. The SMILES string of the molecule is NC(=O)C[C@H](NC(=O)Nc1nc(-c2cccnc2)cs1)C1CC1. The van der Waals surface area contributed by atoms with Crippen molar-refractivity contribution < 1.29 is 9.59 Å². The van der Waals surface area contributed by atoms with E-state index in [9.17, 15) is 9.59 Å². The van der Waals surface area contributed by atoms with Crippen LogP contribution in [0.1, 0.15) is 19.3 Å². The summed E-state index contributed by atoms with van der Waals surface area (Å²) in [5.41, 5.74) is 6.88. The summed E-state index contributed by atoms with van der Waals surface area (Å²) in [5, 5.41) is 7.87. The van der Waals surface area contributed by atoms with E-state index >= 15 is 0 Å². The molecule has 0 aliphatic heterocycles. The van der Waals surface area contributed by atoms with Crippen molar-refractivity contribution in [2.75, 3.05) is 5.32 Å². The summed E-state index contributed by atoms with van der Waals surface area (Å²) in [5.74, 6) is -0.0641. The number of hydrogen-bond acceptors (Lipinski definition) is 5. The van der Waals surface area contributed by atoms with Gasteiger partial charge in [-0.3, -0.25) is 15.1 Å². The summed E-state index contributed by atoms with van der Waals surface area (Å²) >= 11 is 1.34. The van der Waals surface area contributed by atoms with Crippen LogP contribution in [0.15, 0.2) is 29.9 Å². The van der Waals surface area contributed by atoms with Crippen LogP contribution in [0.4, 0.5) is 9.93 Å². The van der Waals surface area contributed by atoms with E-state index in [2.05, 4.69) is 20.6 Å². The Balaban J connectivity index is 1.59. The van der Waals surface area contributed by atoms with Crippen LogP contribution in [0, 0.1) is 5.92 Å². The molecule has 4 N–H and O–H groups in total. The number of nitrogens with zero attached hydrogens (tertiary/aromatic N) is 2. The standard InChI is InChI=1S/C15H17N5O2S/c16-13(21)6-11(9-3-4-9)18-14(22)20-15-19-12(8-23-15)10-2-1-5-17-7-10/h1-2,5,7-9,11H,3-4,6H2,(H2,16,21)(H2,18,19,20,22)/t11-/m0/s1. The van der Waals surface area contributed by atoms with Crippen LogP contribution in [0.2, 0.25) is 0 Å². The number of urea groups is 1. The Kier molecular flexibility index (Phi) is 4.52. The highest BCUT2D eigenvalue weighted by Crippen LogP contribution is 2.34. The third-order valence-electron chi connectivity index (χ3n) is 3.61. The fraction of sp³-hybridized carbons (Fsp3) is 0.333. The molecule has 120 valence electrons. The molecular formula is C15H17N5O2S. The van der Waals surface area contributed by atoms with E-state index in [-0.39, 0.29) is 18.5 Å². The van der Waals surface area contributed by atoms with Crippen LogP contribution in [-0.2, 0) is 4.79 Å². The summed E-state index contributed by atoms with van der Waals surface area (Å²) < 4.78 is 0. The molecule has 0 aromatic carbocycles. The number of aromatic nitrogens is 2. The molecule has 0 saturated heterocycles. The normalized spacial score (nSPS) is 15.0. The number of hydrogen-bond donors (Lipinski definition) is 3. The number of carbonyl (C=O) groups is 2. The van der Waals surface area contributed by atoms with E-state index in [1.807, 2.05) is 17.5 Å². The minimum Gasteiger partial charge on any atom is -0.370 e. The van der Waals surface area contributed by atoms with Gasteiger partial charge in [0.1, 0.15) is 0 Å². The Hall–Kier alpha value is -2.48. The molecule has 0 bridgehead atoms. The van der Waals surface area contributed by atoms with Gasteiger partial charge in [0.2, 0.25) is 5.91 Å². The first-order chi connectivity index (χ1) is 11.1. The van der Waals surface area contributed by atoms with Crippen molar-refractivity contribution in [3.63, 3.8) is 0 Å². The monoisotopic (exact) mass is 331 g/mol. The molecule has 1 fully saturated rings. The van der Waals surface area contributed by atoms with Gasteiger partial charge in [0.15, 0.2) is 5.13 Å². The number of anilines is 1. The Bertz CT molecular complexity index is 699. The minimum absolute atomic E-state index is 0.164. The Labute approximate surface area is 137 Å². The number of nitrogens with one attached hydrogen (secondary N) is 2. The quantitative estimate of drug-likeness (QED) is 0.751. The Morgan fingerprint density at radius 1 is 1.43 bits per heavy atom. The lowest BCUT2D eigenvalue weighted by Gasteiger charge is -2.16. The summed E-state index contributed by atoms with van der Waals surface area (Å²) in [6, 6.07) is 3.17. The molecule has 2 aromatic heterocycles. The first-order valence-corrected chi connectivity index (χ1v) is 8.21. The molecule has 3 rings (SSSR count). The molecule has 0 spiro atoms. The highest BCUT2D eigenvalue weighted by atomic mass is 32.1. The lowest BCUT2D eigenvalue weighted by Crippen LogP contribution is -2.41. The Morgan fingerprint density at radius 3 is 2.91 bits per heavy atom. The van der Waals surface area contributed by atoms with Gasteiger partial charge in [0, 0.05) is 35.8 Å². The topological polar surface area (TPSA) is 110 Å². The van der Waals surface area contributed by atoms with Crippen molar-refractivity contribution in [3.05, 3.63) is 29.9 Å². The van der Waals surface area contributed by atoms with E-state index in [0.29, 0.717) is 11.0 Å². The van der Waals surface area contributed by atoms with Gasteiger partial charge in [0.25, 0.3) is 0 Å². The summed E-state index contributed by atoms with van der Waals surface area (Å²) in [6.45, 7) is 0. The van der Waals surface area contributed by atoms with Crippen LogP contribution < -0.4 is 16.4 Å². The molecule has 0 radical (unpaired) electrons. The van der Waals surface area contributed by atoms with Crippen LogP contribution in [0.3, 0.4) is 0 Å². The highest BCUT2D eigenvalue weighted by Gasteiger charge is 2.33. The smallest absolute Gasteiger partial charge is 0.321 e.